The molecule has 0 N–H and O–H groups in total. The van der Waals surface area contributed by atoms with Gasteiger partial charge >= 0.3 is 5.97 Å². The van der Waals surface area contributed by atoms with Gasteiger partial charge in [-0.2, -0.15) is 0 Å². The molecule has 1 atom stereocenters. The summed E-state index contributed by atoms with van der Waals surface area (Å²) in [5.41, 5.74) is 1.23. The van der Waals surface area contributed by atoms with Crippen molar-refractivity contribution in [3.63, 3.8) is 0 Å². The quantitative estimate of drug-likeness (QED) is 0.600. The molecule has 2 aromatic heterocycles. The predicted octanol–water partition coefficient (Wildman–Crippen LogP) is 3.71. The van der Waals surface area contributed by atoms with E-state index < -0.39 is 12.1 Å². The van der Waals surface area contributed by atoms with Crippen LogP contribution in [0.4, 0.5) is 0 Å². The number of ether oxygens (including phenoxy) is 2. The first-order valence-corrected chi connectivity index (χ1v) is 9.99. The van der Waals surface area contributed by atoms with E-state index in [4.69, 9.17) is 9.47 Å². The SMILES string of the molecule is CCOC(=O)c1cnccc1Sc1nc(C)c(CC(=O)C(C)OCC)s1. The first-order chi connectivity index (χ1) is 12.5. The lowest BCUT2D eigenvalue weighted by Gasteiger charge is -2.09. The predicted molar refractivity (Wildman–Crippen MR) is 101 cm³/mol. The molecule has 6 nitrogen and oxygen atoms in total. The first kappa shape index (κ1) is 20.5. The molecule has 140 valence electrons. The van der Waals surface area contributed by atoms with E-state index in [0.717, 1.165) is 19.8 Å². The highest BCUT2D eigenvalue weighted by Gasteiger charge is 2.19. The third-order valence-corrected chi connectivity index (χ3v) is 5.85. The topological polar surface area (TPSA) is 78.4 Å². The summed E-state index contributed by atoms with van der Waals surface area (Å²) in [6.07, 6.45) is 2.99. The highest BCUT2D eigenvalue weighted by molar-refractivity contribution is 8.01. The van der Waals surface area contributed by atoms with Crippen LogP contribution < -0.4 is 0 Å². The summed E-state index contributed by atoms with van der Waals surface area (Å²) in [4.78, 5) is 34.4. The number of hydrogen-bond donors (Lipinski definition) is 0. The zero-order valence-electron chi connectivity index (χ0n) is 15.3. The van der Waals surface area contributed by atoms with Gasteiger partial charge in [-0.05, 0) is 33.8 Å². The molecule has 0 aliphatic heterocycles. The number of nitrogens with zero attached hydrogens (tertiary/aromatic N) is 2. The molecule has 2 aromatic rings. The maximum Gasteiger partial charge on any atom is 0.340 e. The summed E-state index contributed by atoms with van der Waals surface area (Å²) in [6.45, 7) is 8.09. The molecule has 0 amide bonds. The van der Waals surface area contributed by atoms with Crippen molar-refractivity contribution in [1.82, 2.24) is 9.97 Å². The van der Waals surface area contributed by atoms with E-state index >= 15 is 0 Å². The molecule has 26 heavy (non-hydrogen) atoms. The summed E-state index contributed by atoms with van der Waals surface area (Å²) in [5.74, 6) is -0.372. The van der Waals surface area contributed by atoms with Gasteiger partial charge in [0.1, 0.15) is 6.10 Å². The van der Waals surface area contributed by atoms with E-state index in [9.17, 15) is 9.59 Å². The molecule has 0 bridgehead atoms. The average Bonchev–Trinajstić information content (AvgIpc) is 2.95. The van der Waals surface area contributed by atoms with Gasteiger partial charge in [-0.3, -0.25) is 9.78 Å². The smallest absolute Gasteiger partial charge is 0.340 e. The van der Waals surface area contributed by atoms with Gasteiger partial charge < -0.3 is 9.47 Å². The Hall–Kier alpha value is -1.77. The van der Waals surface area contributed by atoms with Crippen molar-refractivity contribution < 1.29 is 19.1 Å². The van der Waals surface area contributed by atoms with E-state index in [1.165, 1.54) is 29.3 Å². The molecule has 0 saturated carbocycles. The number of thiazole rings is 1. The first-order valence-electron chi connectivity index (χ1n) is 8.35. The van der Waals surface area contributed by atoms with E-state index in [1.54, 1.807) is 26.1 Å². The van der Waals surface area contributed by atoms with Crippen molar-refractivity contribution in [1.29, 1.82) is 0 Å². The molecular formula is C18H22N2O4S2. The second-order valence-electron chi connectivity index (χ2n) is 5.42. The van der Waals surface area contributed by atoms with Crippen LogP contribution in [-0.4, -0.2) is 41.0 Å². The minimum atomic E-state index is -0.423. The monoisotopic (exact) mass is 394 g/mol. The Morgan fingerprint density at radius 3 is 2.77 bits per heavy atom. The minimum absolute atomic E-state index is 0.0336. The van der Waals surface area contributed by atoms with Gasteiger partial charge in [0, 0.05) is 35.2 Å². The second-order valence-corrected chi connectivity index (χ2v) is 7.80. The molecule has 0 fully saturated rings. The third-order valence-electron chi connectivity index (χ3n) is 3.55. The molecule has 8 heteroatoms. The van der Waals surface area contributed by atoms with Gasteiger partial charge in [0.25, 0.3) is 0 Å². The van der Waals surface area contributed by atoms with Crippen LogP contribution in [0.3, 0.4) is 0 Å². The normalized spacial score (nSPS) is 12.0. The highest BCUT2D eigenvalue weighted by Crippen LogP contribution is 2.35. The zero-order chi connectivity index (χ0) is 19.1. The van der Waals surface area contributed by atoms with Crippen LogP contribution in [0, 0.1) is 6.92 Å². The van der Waals surface area contributed by atoms with Gasteiger partial charge in [-0.1, -0.05) is 11.8 Å². The Labute approximate surface area is 161 Å². The molecule has 0 spiro atoms. The van der Waals surface area contributed by atoms with Gasteiger partial charge in [-0.15, -0.1) is 11.3 Å². The van der Waals surface area contributed by atoms with Crippen LogP contribution in [0.25, 0.3) is 0 Å². The molecule has 0 aliphatic carbocycles. The van der Waals surface area contributed by atoms with Crippen LogP contribution in [0.15, 0.2) is 27.7 Å². The fourth-order valence-corrected chi connectivity index (χ4v) is 4.47. The van der Waals surface area contributed by atoms with Gasteiger partial charge in [0.2, 0.25) is 0 Å². The van der Waals surface area contributed by atoms with E-state index in [1.807, 2.05) is 13.8 Å². The van der Waals surface area contributed by atoms with Crippen molar-refractivity contribution in [3.05, 3.63) is 34.6 Å². The van der Waals surface area contributed by atoms with Crippen molar-refractivity contribution in [3.8, 4) is 0 Å². The Morgan fingerprint density at radius 2 is 2.08 bits per heavy atom. The van der Waals surface area contributed by atoms with E-state index in [-0.39, 0.29) is 5.78 Å². The number of ketones is 1. The van der Waals surface area contributed by atoms with Crippen molar-refractivity contribution in [2.45, 2.75) is 49.5 Å². The number of carbonyl (C=O) groups is 2. The van der Waals surface area contributed by atoms with Crippen LogP contribution >= 0.6 is 23.1 Å². The molecule has 0 saturated heterocycles. The van der Waals surface area contributed by atoms with Gasteiger partial charge in [-0.25, -0.2) is 9.78 Å². The van der Waals surface area contributed by atoms with Crippen molar-refractivity contribution in [2.75, 3.05) is 13.2 Å². The number of hydrogen-bond acceptors (Lipinski definition) is 8. The lowest BCUT2D eigenvalue weighted by atomic mass is 10.1. The number of esters is 1. The largest absolute Gasteiger partial charge is 0.462 e. The zero-order valence-corrected chi connectivity index (χ0v) is 16.9. The molecule has 2 heterocycles. The van der Waals surface area contributed by atoms with Gasteiger partial charge in [0.15, 0.2) is 10.1 Å². The van der Waals surface area contributed by atoms with E-state index in [0.29, 0.717) is 25.2 Å². The summed E-state index contributed by atoms with van der Waals surface area (Å²) in [7, 11) is 0. The average molecular weight is 395 g/mol. The van der Waals surface area contributed by atoms with E-state index in [2.05, 4.69) is 9.97 Å². The minimum Gasteiger partial charge on any atom is -0.462 e. The Kier molecular flexibility index (Phi) is 7.74. The fraction of sp³-hybridized carbons (Fsp3) is 0.444. The molecule has 2 rings (SSSR count). The summed E-state index contributed by atoms with van der Waals surface area (Å²) in [6, 6.07) is 1.76. The summed E-state index contributed by atoms with van der Waals surface area (Å²) < 4.78 is 11.2. The van der Waals surface area contributed by atoms with Crippen LogP contribution in [-0.2, 0) is 20.7 Å². The fourth-order valence-electron chi connectivity index (χ4n) is 2.18. The van der Waals surface area contributed by atoms with Crippen LogP contribution in [0.5, 0.6) is 0 Å². The standard InChI is InChI=1S/C18H22N2O4S2/c1-5-23-12(4)14(21)9-16-11(3)20-18(26-16)25-15-7-8-19-10-13(15)17(22)24-6-2/h7-8,10,12H,5-6,9H2,1-4H3. The second kappa shape index (κ2) is 9.80. The number of carbonyl (C=O) groups excluding carboxylic acids is 2. The molecule has 1 unspecified atom stereocenters. The van der Waals surface area contributed by atoms with Crippen molar-refractivity contribution >= 4 is 34.9 Å². The highest BCUT2D eigenvalue weighted by atomic mass is 32.2. The van der Waals surface area contributed by atoms with Crippen LogP contribution in [0.1, 0.15) is 41.7 Å². The summed E-state index contributed by atoms with van der Waals surface area (Å²) >= 11 is 2.83. The summed E-state index contributed by atoms with van der Waals surface area (Å²) in [5, 5.41) is 0. The number of aromatic nitrogens is 2. The number of pyridine rings is 1. The number of Topliss-reactive ketones (excluding diaryl/α,β-unsaturated/α-hetero) is 1. The Bertz CT molecular complexity index is 776. The maximum atomic E-state index is 12.2. The third kappa shape index (κ3) is 5.36. The molecular weight excluding hydrogens is 372 g/mol. The molecule has 0 aromatic carbocycles. The molecule has 0 aliphatic rings. The maximum absolute atomic E-state index is 12.2. The number of aryl methyl sites for hydroxylation is 1. The van der Waals surface area contributed by atoms with Gasteiger partial charge in [0.05, 0.1) is 17.9 Å². The molecule has 0 radical (unpaired) electrons. The Balaban J connectivity index is 2.15. The lowest BCUT2D eigenvalue weighted by Crippen LogP contribution is -2.22. The number of rotatable bonds is 9. The van der Waals surface area contributed by atoms with Crippen molar-refractivity contribution in [2.24, 2.45) is 0 Å². The lowest BCUT2D eigenvalue weighted by molar-refractivity contribution is -0.128. The Morgan fingerprint density at radius 1 is 1.31 bits per heavy atom. The van der Waals surface area contributed by atoms with Crippen LogP contribution in [0.2, 0.25) is 0 Å².